The van der Waals surface area contributed by atoms with Crippen LogP contribution in [0, 0.1) is 5.92 Å². The van der Waals surface area contributed by atoms with Gasteiger partial charge in [-0.25, -0.2) is 0 Å². The highest BCUT2D eigenvalue weighted by atomic mass is 15.3. The standard InChI is InChI=1S/C11H21N3/c1-4-14-9-11(8-13-14)7-12-6-5-10(2)3/h8-10,12H,4-7H2,1-3H3. The van der Waals surface area contributed by atoms with Crippen LogP contribution in [0.4, 0.5) is 0 Å². The highest BCUT2D eigenvalue weighted by Gasteiger charge is 1.97. The summed E-state index contributed by atoms with van der Waals surface area (Å²) in [7, 11) is 0. The SMILES string of the molecule is CCn1cc(CNCCC(C)C)cn1. The smallest absolute Gasteiger partial charge is 0.0534 e. The second kappa shape index (κ2) is 5.81. The Kier molecular flexibility index (Phi) is 4.66. The molecule has 3 heteroatoms. The Morgan fingerprint density at radius 3 is 2.86 bits per heavy atom. The van der Waals surface area contributed by atoms with E-state index in [-0.39, 0.29) is 0 Å². The molecule has 14 heavy (non-hydrogen) atoms. The van der Waals surface area contributed by atoms with E-state index in [4.69, 9.17) is 0 Å². The van der Waals surface area contributed by atoms with Crippen LogP contribution in [0.3, 0.4) is 0 Å². The molecule has 80 valence electrons. The third kappa shape index (κ3) is 3.92. The van der Waals surface area contributed by atoms with E-state index in [2.05, 4.69) is 37.4 Å². The second-order valence-corrected chi connectivity index (χ2v) is 4.06. The van der Waals surface area contributed by atoms with Crippen molar-refractivity contribution in [2.75, 3.05) is 6.54 Å². The zero-order chi connectivity index (χ0) is 10.4. The molecule has 0 aliphatic heterocycles. The molecule has 0 amide bonds. The molecule has 0 saturated heterocycles. The number of nitrogens with one attached hydrogen (secondary N) is 1. The second-order valence-electron chi connectivity index (χ2n) is 4.06. The quantitative estimate of drug-likeness (QED) is 0.704. The summed E-state index contributed by atoms with van der Waals surface area (Å²) in [6.07, 6.45) is 5.27. The molecule has 1 heterocycles. The highest BCUT2D eigenvalue weighted by Crippen LogP contribution is 1.99. The molecule has 1 aromatic rings. The van der Waals surface area contributed by atoms with Crippen molar-refractivity contribution in [3.8, 4) is 0 Å². The molecule has 0 aliphatic rings. The van der Waals surface area contributed by atoms with Crippen LogP contribution < -0.4 is 5.32 Å². The van der Waals surface area contributed by atoms with Gasteiger partial charge in [-0.15, -0.1) is 0 Å². The minimum absolute atomic E-state index is 0.779. The van der Waals surface area contributed by atoms with E-state index in [0.717, 1.165) is 25.6 Å². The van der Waals surface area contributed by atoms with E-state index in [9.17, 15) is 0 Å². The number of hydrogen-bond donors (Lipinski definition) is 1. The van der Waals surface area contributed by atoms with Crippen LogP contribution in [0.25, 0.3) is 0 Å². The fourth-order valence-electron chi connectivity index (χ4n) is 1.29. The minimum Gasteiger partial charge on any atom is -0.313 e. The van der Waals surface area contributed by atoms with E-state index in [1.807, 2.05) is 10.9 Å². The van der Waals surface area contributed by atoms with Crippen molar-refractivity contribution in [1.29, 1.82) is 0 Å². The summed E-state index contributed by atoms with van der Waals surface area (Å²) in [5, 5.41) is 7.64. The van der Waals surface area contributed by atoms with Gasteiger partial charge in [0, 0.05) is 24.8 Å². The average molecular weight is 195 g/mol. The van der Waals surface area contributed by atoms with Crippen molar-refractivity contribution in [3.63, 3.8) is 0 Å². The Hall–Kier alpha value is -0.830. The first-order chi connectivity index (χ1) is 6.72. The maximum absolute atomic E-state index is 4.23. The monoisotopic (exact) mass is 195 g/mol. The van der Waals surface area contributed by atoms with Crippen molar-refractivity contribution in [3.05, 3.63) is 18.0 Å². The Labute approximate surface area is 86.5 Å². The van der Waals surface area contributed by atoms with Gasteiger partial charge in [-0.2, -0.15) is 5.10 Å². The van der Waals surface area contributed by atoms with Gasteiger partial charge in [-0.1, -0.05) is 13.8 Å². The topological polar surface area (TPSA) is 29.9 Å². The van der Waals surface area contributed by atoms with Crippen LogP contribution in [-0.2, 0) is 13.1 Å². The molecule has 3 nitrogen and oxygen atoms in total. The largest absolute Gasteiger partial charge is 0.313 e. The van der Waals surface area contributed by atoms with Gasteiger partial charge in [0.2, 0.25) is 0 Å². The maximum atomic E-state index is 4.23. The summed E-state index contributed by atoms with van der Waals surface area (Å²) in [5.41, 5.74) is 1.27. The van der Waals surface area contributed by atoms with Crippen LogP contribution in [-0.4, -0.2) is 16.3 Å². The molecule has 0 fully saturated rings. The Morgan fingerprint density at radius 1 is 1.50 bits per heavy atom. The molecule has 0 bridgehead atoms. The molecule has 0 spiro atoms. The first-order valence-electron chi connectivity index (χ1n) is 5.44. The van der Waals surface area contributed by atoms with Crippen molar-refractivity contribution in [2.24, 2.45) is 5.92 Å². The van der Waals surface area contributed by atoms with Gasteiger partial charge in [0.15, 0.2) is 0 Å². The van der Waals surface area contributed by atoms with Crippen molar-refractivity contribution in [1.82, 2.24) is 15.1 Å². The van der Waals surface area contributed by atoms with Gasteiger partial charge >= 0.3 is 0 Å². The average Bonchev–Trinajstić information content (AvgIpc) is 2.60. The van der Waals surface area contributed by atoms with E-state index < -0.39 is 0 Å². The summed E-state index contributed by atoms with van der Waals surface area (Å²) in [6, 6.07) is 0. The molecule has 1 N–H and O–H groups in total. The van der Waals surface area contributed by atoms with Crippen LogP contribution in [0.1, 0.15) is 32.8 Å². The van der Waals surface area contributed by atoms with E-state index in [1.165, 1.54) is 12.0 Å². The lowest BCUT2D eigenvalue weighted by atomic mass is 10.1. The van der Waals surface area contributed by atoms with Gasteiger partial charge in [0.25, 0.3) is 0 Å². The molecule has 1 aromatic heterocycles. The van der Waals surface area contributed by atoms with E-state index in [0.29, 0.717) is 0 Å². The summed E-state index contributed by atoms with van der Waals surface area (Å²) < 4.78 is 1.96. The first-order valence-corrected chi connectivity index (χ1v) is 5.44. The van der Waals surface area contributed by atoms with Gasteiger partial charge < -0.3 is 5.32 Å². The van der Waals surface area contributed by atoms with Gasteiger partial charge in [0.05, 0.1) is 6.20 Å². The minimum atomic E-state index is 0.779. The highest BCUT2D eigenvalue weighted by molar-refractivity contribution is 5.02. The van der Waals surface area contributed by atoms with Crippen molar-refractivity contribution < 1.29 is 0 Å². The zero-order valence-electron chi connectivity index (χ0n) is 9.45. The van der Waals surface area contributed by atoms with Crippen LogP contribution in [0.15, 0.2) is 12.4 Å². The lowest BCUT2D eigenvalue weighted by Gasteiger charge is -2.05. The molecular formula is C11H21N3. The van der Waals surface area contributed by atoms with Gasteiger partial charge in [-0.3, -0.25) is 4.68 Å². The predicted octanol–water partition coefficient (Wildman–Crippen LogP) is 2.04. The van der Waals surface area contributed by atoms with Gasteiger partial charge in [0.1, 0.15) is 0 Å². The molecular weight excluding hydrogens is 174 g/mol. The maximum Gasteiger partial charge on any atom is 0.0534 e. The summed E-state index contributed by atoms with van der Waals surface area (Å²) >= 11 is 0. The van der Waals surface area contributed by atoms with Crippen molar-refractivity contribution in [2.45, 2.75) is 40.3 Å². The third-order valence-electron chi connectivity index (χ3n) is 2.24. The Morgan fingerprint density at radius 2 is 2.29 bits per heavy atom. The number of hydrogen-bond acceptors (Lipinski definition) is 2. The number of aryl methyl sites for hydroxylation is 1. The number of rotatable bonds is 6. The van der Waals surface area contributed by atoms with Crippen LogP contribution >= 0.6 is 0 Å². The molecule has 1 rings (SSSR count). The molecule has 0 radical (unpaired) electrons. The summed E-state index contributed by atoms with van der Waals surface area (Å²) in [4.78, 5) is 0. The molecule has 0 atom stereocenters. The summed E-state index contributed by atoms with van der Waals surface area (Å²) in [5.74, 6) is 0.779. The number of nitrogens with zero attached hydrogens (tertiary/aromatic N) is 2. The molecule has 0 aromatic carbocycles. The fraction of sp³-hybridized carbons (Fsp3) is 0.727. The van der Waals surface area contributed by atoms with Crippen LogP contribution in [0.5, 0.6) is 0 Å². The normalized spacial score (nSPS) is 11.1. The fourth-order valence-corrected chi connectivity index (χ4v) is 1.29. The van der Waals surface area contributed by atoms with Crippen LogP contribution in [0.2, 0.25) is 0 Å². The van der Waals surface area contributed by atoms with Gasteiger partial charge in [-0.05, 0) is 25.8 Å². The molecule has 0 aliphatic carbocycles. The lowest BCUT2D eigenvalue weighted by Crippen LogP contribution is -2.15. The first kappa shape index (κ1) is 11.2. The molecule has 0 saturated carbocycles. The number of aromatic nitrogens is 2. The Balaban J connectivity index is 2.18. The summed E-state index contributed by atoms with van der Waals surface area (Å²) in [6.45, 7) is 9.57. The van der Waals surface area contributed by atoms with E-state index in [1.54, 1.807) is 0 Å². The van der Waals surface area contributed by atoms with Crippen molar-refractivity contribution >= 4 is 0 Å². The predicted molar refractivity (Wildman–Crippen MR) is 59.1 cm³/mol. The lowest BCUT2D eigenvalue weighted by molar-refractivity contribution is 0.537. The Bertz CT molecular complexity index is 253. The third-order valence-corrected chi connectivity index (χ3v) is 2.24. The molecule has 0 unspecified atom stereocenters. The zero-order valence-corrected chi connectivity index (χ0v) is 9.45. The van der Waals surface area contributed by atoms with E-state index >= 15 is 0 Å².